The highest BCUT2D eigenvalue weighted by atomic mass is 35.5. The van der Waals surface area contributed by atoms with Crippen LogP contribution in [0.5, 0.6) is 0 Å². The quantitative estimate of drug-likeness (QED) is 0.236. The lowest BCUT2D eigenvalue weighted by molar-refractivity contribution is -0.236. The summed E-state index contributed by atoms with van der Waals surface area (Å²) >= 11 is 23.8. The number of benzene rings is 2. The van der Waals surface area contributed by atoms with Gasteiger partial charge in [-0.1, -0.05) is 46.4 Å². The van der Waals surface area contributed by atoms with E-state index in [9.17, 15) is 13.8 Å². The molecule has 0 radical (unpaired) electrons. The van der Waals surface area contributed by atoms with Crippen LogP contribution in [0.1, 0.15) is 121 Å². The lowest BCUT2D eigenvalue weighted by Gasteiger charge is -2.76. The number of halogens is 5. The molecule has 0 spiro atoms. The predicted molar refractivity (Wildman–Crippen MR) is 199 cm³/mol. The number of carbonyl (C=O) groups is 2. The minimum atomic E-state index is -1.10. The maximum Gasteiger partial charge on any atom is 0.163 e. The van der Waals surface area contributed by atoms with Crippen molar-refractivity contribution < 1.29 is 13.8 Å². The standard InChI is InChI=1S/C20H27Cl2NO2S.C16H19Cl2NO.ClH/c1-17(2,3)26(25)23-18(4,5)20-10-19(11-20,12-20)9-16(24)13-6-7-14(21)15(22)8-13;1-14(2,19)16-7-15(8-16,9-16)6-13(20)10-3-4-11(17)12(18)5-10;/h6-8,23H,9-12H2,1-5H3;3-5H,6-9,19H2,1-2H3;1H. The molecule has 2 aromatic carbocycles. The normalized spacial score (nSPS) is 29.4. The monoisotopic (exact) mass is 762 g/mol. The van der Waals surface area contributed by atoms with Gasteiger partial charge in [-0.3, -0.25) is 9.59 Å². The summed E-state index contributed by atoms with van der Waals surface area (Å²) in [7, 11) is -1.10. The first kappa shape index (κ1) is 39.1. The van der Waals surface area contributed by atoms with Crippen molar-refractivity contribution >= 4 is 81.4 Å². The van der Waals surface area contributed by atoms with Crippen LogP contribution in [0.15, 0.2) is 36.4 Å². The van der Waals surface area contributed by atoms with Gasteiger partial charge in [0, 0.05) is 35.0 Å². The van der Waals surface area contributed by atoms with Gasteiger partial charge in [-0.25, -0.2) is 8.93 Å². The van der Waals surface area contributed by atoms with Crippen LogP contribution in [-0.2, 0) is 11.0 Å². The summed E-state index contributed by atoms with van der Waals surface area (Å²) < 4.78 is 15.6. The second-order valence-corrected chi connectivity index (χ2v) is 20.5. The molecule has 0 heterocycles. The molecule has 3 N–H and O–H groups in total. The Morgan fingerprint density at radius 1 is 0.702 bits per heavy atom. The highest BCUT2D eigenvalue weighted by Gasteiger charge is 2.73. The molecule has 2 aromatic rings. The van der Waals surface area contributed by atoms with Gasteiger partial charge in [-0.05, 0) is 145 Å². The fourth-order valence-corrected chi connectivity index (χ4v) is 10.0. The highest BCUT2D eigenvalue weighted by molar-refractivity contribution is 7.84. The van der Waals surface area contributed by atoms with Gasteiger partial charge < -0.3 is 5.73 Å². The van der Waals surface area contributed by atoms with Gasteiger partial charge in [0.15, 0.2) is 11.6 Å². The smallest absolute Gasteiger partial charge is 0.163 e. The van der Waals surface area contributed by atoms with E-state index in [0.29, 0.717) is 44.1 Å². The minimum absolute atomic E-state index is 0. The van der Waals surface area contributed by atoms with E-state index < -0.39 is 11.0 Å². The molecule has 6 saturated carbocycles. The van der Waals surface area contributed by atoms with E-state index in [-0.39, 0.29) is 61.5 Å². The Morgan fingerprint density at radius 3 is 1.38 bits per heavy atom. The van der Waals surface area contributed by atoms with Crippen LogP contribution in [0.2, 0.25) is 20.1 Å². The van der Waals surface area contributed by atoms with Crippen molar-refractivity contribution in [2.24, 2.45) is 27.4 Å². The van der Waals surface area contributed by atoms with Crippen molar-refractivity contribution in [3.8, 4) is 0 Å². The van der Waals surface area contributed by atoms with Gasteiger partial charge in [0.2, 0.25) is 0 Å². The molecule has 1 atom stereocenters. The molecule has 47 heavy (non-hydrogen) atoms. The Balaban J connectivity index is 0.000000215. The number of ketones is 2. The average Bonchev–Trinajstić information content (AvgIpc) is 2.83. The zero-order valence-electron chi connectivity index (χ0n) is 28.3. The third kappa shape index (κ3) is 7.24. The minimum Gasteiger partial charge on any atom is -0.325 e. The number of rotatable bonds is 10. The average molecular weight is 765 g/mol. The number of carbonyl (C=O) groups excluding carboxylic acids is 2. The SMILES string of the molecule is CC(C)(C)S(=O)NC(C)(C)C12CC(CC(=O)c3ccc(Cl)c(Cl)c3)(C1)C2.CC(C)(N)C12CC(CC(=O)c3ccc(Cl)c(Cl)c3)(C1)C2.Cl. The number of hydrogen-bond acceptors (Lipinski definition) is 4. The summed E-state index contributed by atoms with van der Waals surface area (Å²) in [6.07, 6.45) is 7.41. The van der Waals surface area contributed by atoms with Gasteiger partial charge in [0.05, 0.1) is 35.8 Å². The summed E-state index contributed by atoms with van der Waals surface area (Å²) in [5, 5.41) is 1.81. The number of hydrogen-bond donors (Lipinski definition) is 2. The summed E-state index contributed by atoms with van der Waals surface area (Å²) in [5.41, 5.74) is 7.88. The Hall–Kier alpha value is -0.700. The van der Waals surface area contributed by atoms with E-state index in [1.807, 2.05) is 20.8 Å². The second-order valence-electron chi connectivity index (χ2n) is 16.9. The van der Waals surface area contributed by atoms with E-state index >= 15 is 0 Å². The molecular weight excluding hydrogens is 718 g/mol. The molecule has 6 aliphatic carbocycles. The first-order valence-corrected chi connectivity index (χ1v) is 18.6. The predicted octanol–water partition coefficient (Wildman–Crippen LogP) is 10.5. The molecular formula is C36H47Cl5N2O3S. The van der Waals surface area contributed by atoms with Crippen LogP contribution in [0.25, 0.3) is 0 Å². The molecule has 260 valence electrons. The fourth-order valence-electron chi connectivity index (χ4n) is 8.44. The van der Waals surface area contributed by atoms with Crippen LogP contribution in [0.3, 0.4) is 0 Å². The lowest BCUT2D eigenvalue weighted by Crippen LogP contribution is -2.74. The number of Topliss-reactive ketones (excluding diaryl/α,β-unsaturated/α-hetero) is 2. The van der Waals surface area contributed by atoms with E-state index in [1.54, 1.807) is 36.4 Å². The molecule has 0 aliphatic heterocycles. The van der Waals surface area contributed by atoms with Crippen molar-refractivity contribution in [1.82, 2.24) is 4.72 Å². The van der Waals surface area contributed by atoms with Crippen molar-refractivity contribution in [1.29, 1.82) is 0 Å². The summed E-state index contributed by atoms with van der Waals surface area (Å²) in [4.78, 5) is 25.0. The molecule has 0 amide bonds. The van der Waals surface area contributed by atoms with Crippen LogP contribution < -0.4 is 10.5 Å². The Morgan fingerprint density at radius 2 is 1.06 bits per heavy atom. The van der Waals surface area contributed by atoms with Crippen LogP contribution >= 0.6 is 58.8 Å². The zero-order valence-corrected chi connectivity index (χ0v) is 32.9. The summed E-state index contributed by atoms with van der Waals surface area (Å²) in [6.45, 7) is 14.4. The lowest BCUT2D eigenvalue weighted by atomic mass is 9.30. The van der Waals surface area contributed by atoms with Crippen LogP contribution in [0.4, 0.5) is 0 Å². The molecule has 5 nitrogen and oxygen atoms in total. The molecule has 1 unspecified atom stereocenters. The van der Waals surface area contributed by atoms with Crippen molar-refractivity contribution in [2.75, 3.05) is 0 Å². The Bertz CT molecular complexity index is 1570. The largest absolute Gasteiger partial charge is 0.325 e. The molecule has 4 bridgehead atoms. The van der Waals surface area contributed by atoms with Gasteiger partial charge >= 0.3 is 0 Å². The van der Waals surface area contributed by atoms with Crippen molar-refractivity contribution in [2.45, 2.75) is 116 Å². The second kappa shape index (κ2) is 12.8. The first-order chi connectivity index (χ1) is 21.0. The molecule has 0 saturated heterocycles. The maximum absolute atomic E-state index is 12.6. The van der Waals surface area contributed by atoms with E-state index in [1.165, 1.54) is 0 Å². The zero-order chi connectivity index (χ0) is 34.3. The van der Waals surface area contributed by atoms with Gasteiger partial charge in [-0.2, -0.15) is 0 Å². The third-order valence-electron chi connectivity index (χ3n) is 11.4. The van der Waals surface area contributed by atoms with Gasteiger partial charge in [0.25, 0.3) is 0 Å². The van der Waals surface area contributed by atoms with Crippen molar-refractivity contribution in [3.63, 3.8) is 0 Å². The topological polar surface area (TPSA) is 89.3 Å². The Kier molecular flexibility index (Phi) is 10.7. The van der Waals surface area contributed by atoms with E-state index in [4.69, 9.17) is 52.1 Å². The van der Waals surface area contributed by atoms with Gasteiger partial charge in [0.1, 0.15) is 0 Å². The summed E-state index contributed by atoms with van der Waals surface area (Å²) in [5.74, 6) is 0.285. The van der Waals surface area contributed by atoms with Crippen LogP contribution in [0, 0.1) is 21.7 Å². The van der Waals surface area contributed by atoms with E-state index in [0.717, 1.165) is 38.5 Å². The molecule has 11 heteroatoms. The maximum atomic E-state index is 12.6. The van der Waals surface area contributed by atoms with Crippen LogP contribution in [-0.4, -0.2) is 31.6 Å². The van der Waals surface area contributed by atoms with Crippen molar-refractivity contribution in [3.05, 3.63) is 67.6 Å². The molecule has 6 aliphatic rings. The molecule has 0 aromatic heterocycles. The molecule has 8 rings (SSSR count). The van der Waals surface area contributed by atoms with E-state index in [2.05, 4.69) is 32.4 Å². The number of nitrogens with one attached hydrogen (secondary N) is 1. The Labute approximate surface area is 308 Å². The first-order valence-electron chi connectivity index (χ1n) is 15.9. The third-order valence-corrected chi connectivity index (χ3v) is 14.7. The number of nitrogens with two attached hydrogens (primary N) is 1. The summed E-state index contributed by atoms with van der Waals surface area (Å²) in [6, 6.07) is 10.2. The molecule has 6 fully saturated rings. The van der Waals surface area contributed by atoms with Gasteiger partial charge in [-0.15, -0.1) is 12.4 Å². The highest BCUT2D eigenvalue weighted by Crippen LogP contribution is 2.79. The fraction of sp³-hybridized carbons (Fsp3) is 0.611.